The second-order valence-corrected chi connectivity index (χ2v) is 6.63. The van der Waals surface area contributed by atoms with E-state index in [-0.39, 0.29) is 11.7 Å². The summed E-state index contributed by atoms with van der Waals surface area (Å²) in [5, 5.41) is 10.7. The maximum Gasteiger partial charge on any atom is 0.287 e. The Labute approximate surface area is 166 Å². The highest BCUT2D eigenvalue weighted by Crippen LogP contribution is 2.19. The summed E-state index contributed by atoms with van der Waals surface area (Å²) in [6.07, 6.45) is 0.980. The van der Waals surface area contributed by atoms with Crippen LogP contribution in [0.4, 0.5) is 0 Å². The van der Waals surface area contributed by atoms with Crippen LogP contribution in [-0.2, 0) is 12.8 Å². The fourth-order valence-electron chi connectivity index (χ4n) is 2.95. The fraction of sp³-hybridized carbons (Fsp3) is 0.238. The Bertz CT molecular complexity index is 1090. The molecule has 0 radical (unpaired) electrons. The van der Waals surface area contributed by atoms with Gasteiger partial charge in [-0.15, -0.1) is 0 Å². The summed E-state index contributed by atoms with van der Waals surface area (Å²) >= 11 is 0. The third-order valence-electron chi connectivity index (χ3n) is 4.54. The number of aryl methyl sites for hydroxylation is 2. The minimum atomic E-state index is -0.290. The molecule has 3 heterocycles. The molecule has 0 aliphatic heterocycles. The smallest absolute Gasteiger partial charge is 0.287 e. The summed E-state index contributed by atoms with van der Waals surface area (Å²) < 4.78 is 16.1. The van der Waals surface area contributed by atoms with Gasteiger partial charge in [0.05, 0.1) is 5.69 Å². The molecule has 0 fully saturated rings. The van der Waals surface area contributed by atoms with Gasteiger partial charge in [0, 0.05) is 30.5 Å². The fourth-order valence-corrected chi connectivity index (χ4v) is 2.95. The molecule has 29 heavy (non-hydrogen) atoms. The lowest BCUT2D eigenvalue weighted by Gasteiger charge is -2.01. The quantitative estimate of drug-likeness (QED) is 0.513. The number of carbonyl (C=O) groups is 1. The first kappa shape index (κ1) is 18.7. The van der Waals surface area contributed by atoms with E-state index >= 15 is 0 Å². The second kappa shape index (κ2) is 8.14. The third-order valence-corrected chi connectivity index (χ3v) is 4.54. The first-order valence-corrected chi connectivity index (χ1v) is 9.27. The van der Waals surface area contributed by atoms with E-state index in [1.807, 2.05) is 44.2 Å². The molecule has 0 atom stereocenters. The minimum absolute atomic E-state index is 0.254. The lowest BCUT2D eigenvalue weighted by Crippen LogP contribution is -2.25. The number of benzene rings is 1. The van der Waals surface area contributed by atoms with Crippen molar-refractivity contribution >= 4 is 5.91 Å². The maximum absolute atomic E-state index is 12.3. The van der Waals surface area contributed by atoms with E-state index in [1.165, 1.54) is 0 Å². The van der Waals surface area contributed by atoms with Gasteiger partial charge in [-0.25, -0.2) is 0 Å². The zero-order chi connectivity index (χ0) is 20.2. The van der Waals surface area contributed by atoms with E-state index in [0.29, 0.717) is 36.9 Å². The molecular weight excluding hydrogens is 372 g/mol. The Morgan fingerprint density at radius 3 is 2.62 bits per heavy atom. The van der Waals surface area contributed by atoms with Crippen molar-refractivity contribution in [2.75, 3.05) is 6.54 Å². The van der Waals surface area contributed by atoms with Gasteiger partial charge in [-0.1, -0.05) is 28.5 Å². The zero-order valence-electron chi connectivity index (χ0n) is 16.1. The van der Waals surface area contributed by atoms with Crippen LogP contribution in [0.2, 0.25) is 0 Å². The van der Waals surface area contributed by atoms with Gasteiger partial charge in [0.25, 0.3) is 11.8 Å². The Kier molecular flexibility index (Phi) is 5.24. The molecule has 0 saturated carbocycles. The van der Waals surface area contributed by atoms with E-state index in [9.17, 15) is 4.79 Å². The van der Waals surface area contributed by atoms with Crippen molar-refractivity contribution in [3.63, 3.8) is 0 Å². The molecule has 0 aliphatic rings. The number of aromatic nitrogens is 3. The van der Waals surface area contributed by atoms with Gasteiger partial charge in [-0.2, -0.15) is 4.98 Å². The van der Waals surface area contributed by atoms with Crippen LogP contribution in [0.15, 0.2) is 55.9 Å². The molecule has 8 nitrogen and oxygen atoms in total. The van der Waals surface area contributed by atoms with Gasteiger partial charge in [0.2, 0.25) is 0 Å². The van der Waals surface area contributed by atoms with Crippen molar-refractivity contribution in [2.24, 2.45) is 0 Å². The van der Waals surface area contributed by atoms with E-state index in [1.54, 1.807) is 12.1 Å². The van der Waals surface area contributed by atoms with Gasteiger partial charge in [-0.05, 0) is 38.1 Å². The van der Waals surface area contributed by atoms with Crippen molar-refractivity contribution < 1.29 is 18.3 Å². The normalized spacial score (nSPS) is 11.0. The Morgan fingerprint density at radius 1 is 1.03 bits per heavy atom. The molecule has 3 aromatic heterocycles. The van der Waals surface area contributed by atoms with Gasteiger partial charge in [-0.3, -0.25) is 4.79 Å². The third kappa shape index (κ3) is 4.26. The molecule has 0 spiro atoms. The Morgan fingerprint density at radius 2 is 1.86 bits per heavy atom. The van der Waals surface area contributed by atoms with Crippen LogP contribution in [0, 0.1) is 13.8 Å². The van der Waals surface area contributed by atoms with Crippen molar-refractivity contribution in [3.05, 3.63) is 76.8 Å². The summed E-state index contributed by atoms with van der Waals surface area (Å²) in [4.78, 5) is 16.7. The van der Waals surface area contributed by atoms with Crippen LogP contribution in [0.1, 0.15) is 39.2 Å². The van der Waals surface area contributed by atoms with Crippen LogP contribution in [0.3, 0.4) is 0 Å². The number of amides is 1. The lowest BCUT2D eigenvalue weighted by atomic mass is 10.1. The highest BCUT2D eigenvalue weighted by molar-refractivity contribution is 5.91. The number of carbonyl (C=O) groups excluding carboxylic acids is 1. The molecule has 4 rings (SSSR count). The van der Waals surface area contributed by atoms with Crippen molar-refractivity contribution in [1.82, 2.24) is 20.6 Å². The minimum Gasteiger partial charge on any atom is -0.456 e. The first-order valence-electron chi connectivity index (χ1n) is 9.27. The Balaban J connectivity index is 1.30. The van der Waals surface area contributed by atoms with Crippen molar-refractivity contribution in [3.8, 4) is 11.5 Å². The molecule has 1 amide bonds. The molecule has 0 bridgehead atoms. The molecule has 148 valence electrons. The van der Waals surface area contributed by atoms with Gasteiger partial charge in [0.15, 0.2) is 11.6 Å². The molecule has 1 N–H and O–H groups in total. The second-order valence-electron chi connectivity index (χ2n) is 6.63. The lowest BCUT2D eigenvalue weighted by molar-refractivity contribution is 0.0924. The number of nitrogens with zero attached hydrogens (tertiary/aromatic N) is 3. The van der Waals surface area contributed by atoms with Gasteiger partial charge < -0.3 is 18.8 Å². The standard InChI is InChI=1S/C21H20N4O4/c1-13-17(14(2)28-24-13)12-16-8-9-18(27-16)20(26)22-11-10-19-23-21(29-25-19)15-6-4-3-5-7-15/h3-9H,10-12H2,1-2H3,(H,22,26). The zero-order valence-corrected chi connectivity index (χ0v) is 16.1. The first-order chi connectivity index (χ1) is 14.1. The summed E-state index contributed by atoms with van der Waals surface area (Å²) in [6.45, 7) is 4.10. The van der Waals surface area contributed by atoms with E-state index in [4.69, 9.17) is 13.5 Å². The number of rotatable bonds is 7. The summed E-state index contributed by atoms with van der Waals surface area (Å²) in [5.74, 6) is 2.38. The van der Waals surface area contributed by atoms with Crippen LogP contribution in [0.25, 0.3) is 11.5 Å². The molecular formula is C21H20N4O4. The van der Waals surface area contributed by atoms with Crippen LogP contribution < -0.4 is 5.32 Å². The van der Waals surface area contributed by atoms with Crippen molar-refractivity contribution in [2.45, 2.75) is 26.7 Å². The van der Waals surface area contributed by atoms with Crippen LogP contribution in [-0.4, -0.2) is 27.7 Å². The molecule has 0 aliphatic carbocycles. The number of nitrogens with one attached hydrogen (secondary N) is 1. The predicted octanol–water partition coefficient (Wildman–Crippen LogP) is 3.50. The largest absolute Gasteiger partial charge is 0.456 e. The average molecular weight is 392 g/mol. The van der Waals surface area contributed by atoms with Gasteiger partial charge in [0.1, 0.15) is 11.5 Å². The van der Waals surface area contributed by atoms with Crippen LogP contribution >= 0.6 is 0 Å². The predicted molar refractivity (Wildman–Crippen MR) is 103 cm³/mol. The molecule has 4 aromatic rings. The number of hydrogen-bond acceptors (Lipinski definition) is 7. The SMILES string of the molecule is Cc1noc(C)c1Cc1ccc(C(=O)NCCc2noc(-c3ccccc3)n2)o1. The number of hydrogen-bond donors (Lipinski definition) is 1. The van der Waals surface area contributed by atoms with Crippen LogP contribution in [0.5, 0.6) is 0 Å². The molecule has 8 heteroatoms. The van der Waals surface area contributed by atoms with E-state index in [0.717, 1.165) is 22.6 Å². The Hall–Kier alpha value is -3.68. The highest BCUT2D eigenvalue weighted by atomic mass is 16.5. The topological polar surface area (TPSA) is 107 Å². The molecule has 1 aromatic carbocycles. The number of furan rings is 1. The molecule has 0 saturated heterocycles. The summed E-state index contributed by atoms with van der Waals surface area (Å²) in [7, 11) is 0. The van der Waals surface area contributed by atoms with Crippen molar-refractivity contribution in [1.29, 1.82) is 0 Å². The van der Waals surface area contributed by atoms with E-state index < -0.39 is 0 Å². The van der Waals surface area contributed by atoms with E-state index in [2.05, 4.69) is 20.6 Å². The summed E-state index contributed by atoms with van der Waals surface area (Å²) in [6, 6.07) is 13.0. The average Bonchev–Trinajstić information content (AvgIpc) is 3.46. The highest BCUT2D eigenvalue weighted by Gasteiger charge is 2.15. The monoisotopic (exact) mass is 392 g/mol. The van der Waals surface area contributed by atoms with Gasteiger partial charge >= 0.3 is 0 Å². The maximum atomic E-state index is 12.3. The summed E-state index contributed by atoms with van der Waals surface area (Å²) in [5.41, 5.74) is 2.65. The molecule has 0 unspecified atom stereocenters.